The van der Waals surface area contributed by atoms with Crippen LogP contribution in [0.4, 0.5) is 11.5 Å². The lowest BCUT2D eigenvalue weighted by Crippen LogP contribution is -2.43. The van der Waals surface area contributed by atoms with Crippen molar-refractivity contribution in [1.29, 1.82) is 0 Å². The average molecular weight is 352 g/mol. The Kier molecular flexibility index (Phi) is 5.05. The van der Waals surface area contributed by atoms with E-state index in [1.54, 1.807) is 12.3 Å². The number of carbonyl (C=O) groups is 1. The molecule has 1 aromatic heterocycles. The van der Waals surface area contributed by atoms with Crippen LogP contribution in [0.5, 0.6) is 0 Å². The number of pyridine rings is 1. The number of amides is 1. The first-order valence-corrected chi connectivity index (χ1v) is 10.3. The lowest BCUT2D eigenvalue weighted by atomic mass is 9.99. The molecule has 24 heavy (non-hydrogen) atoms. The average Bonchev–Trinajstić information content (AvgIpc) is 3.09. The maximum absolute atomic E-state index is 12.6. The van der Waals surface area contributed by atoms with Crippen LogP contribution in [0.2, 0.25) is 0 Å². The van der Waals surface area contributed by atoms with Crippen molar-refractivity contribution in [2.24, 2.45) is 5.92 Å². The minimum absolute atomic E-state index is 0.128. The molecule has 2 aliphatic rings. The van der Waals surface area contributed by atoms with E-state index in [0.717, 1.165) is 31.7 Å². The van der Waals surface area contributed by atoms with Crippen LogP contribution < -0.4 is 10.2 Å². The molecule has 1 unspecified atom stereocenters. The van der Waals surface area contributed by atoms with E-state index < -0.39 is 10.0 Å². The predicted molar refractivity (Wildman–Crippen MR) is 93.5 cm³/mol. The van der Waals surface area contributed by atoms with Crippen molar-refractivity contribution in [2.45, 2.75) is 25.7 Å². The summed E-state index contributed by atoms with van der Waals surface area (Å²) in [6.45, 7) is 2.65. The summed E-state index contributed by atoms with van der Waals surface area (Å²) >= 11 is 0. The van der Waals surface area contributed by atoms with Crippen LogP contribution in [0.1, 0.15) is 25.7 Å². The molecule has 2 aliphatic heterocycles. The summed E-state index contributed by atoms with van der Waals surface area (Å²) in [7, 11) is -3.25. The van der Waals surface area contributed by atoms with Crippen molar-refractivity contribution >= 4 is 27.4 Å². The quantitative estimate of drug-likeness (QED) is 0.883. The number of sulfonamides is 1. The van der Waals surface area contributed by atoms with Gasteiger partial charge >= 0.3 is 0 Å². The van der Waals surface area contributed by atoms with Gasteiger partial charge in [-0.15, -0.1) is 0 Å². The van der Waals surface area contributed by atoms with Gasteiger partial charge < -0.3 is 10.2 Å². The van der Waals surface area contributed by atoms with Crippen LogP contribution in [-0.4, -0.2) is 56.0 Å². The third kappa shape index (κ3) is 3.87. The van der Waals surface area contributed by atoms with Crippen molar-refractivity contribution in [3.63, 3.8) is 0 Å². The summed E-state index contributed by atoms with van der Waals surface area (Å²) in [6.07, 6.45) is 6.61. The lowest BCUT2D eigenvalue weighted by Gasteiger charge is -2.30. The molecule has 0 radical (unpaired) electrons. The third-order valence-electron chi connectivity index (χ3n) is 4.67. The van der Waals surface area contributed by atoms with Crippen LogP contribution in [-0.2, 0) is 14.8 Å². The molecule has 1 aromatic rings. The van der Waals surface area contributed by atoms with Gasteiger partial charge in [0, 0.05) is 32.4 Å². The molecule has 0 spiro atoms. The molecule has 1 atom stereocenters. The molecule has 8 heteroatoms. The number of hydrogen-bond donors (Lipinski definition) is 1. The minimum atomic E-state index is -3.25. The van der Waals surface area contributed by atoms with Gasteiger partial charge in [-0.1, -0.05) is 0 Å². The SMILES string of the molecule is CS(=O)(=O)N1CCCC(C(=O)Nc2cccnc2N2CCCC2)C1. The van der Waals surface area contributed by atoms with Gasteiger partial charge in [0.15, 0.2) is 5.82 Å². The fraction of sp³-hybridized carbons (Fsp3) is 0.625. The summed E-state index contributed by atoms with van der Waals surface area (Å²) in [5.41, 5.74) is 0.709. The Morgan fingerprint density at radius 1 is 1.25 bits per heavy atom. The number of carbonyl (C=O) groups excluding carboxylic acids is 1. The van der Waals surface area contributed by atoms with E-state index in [2.05, 4.69) is 15.2 Å². The Labute approximate surface area is 143 Å². The topological polar surface area (TPSA) is 82.6 Å². The Morgan fingerprint density at radius 3 is 2.71 bits per heavy atom. The molecule has 1 N–H and O–H groups in total. The van der Waals surface area contributed by atoms with Crippen molar-refractivity contribution in [1.82, 2.24) is 9.29 Å². The Balaban J connectivity index is 1.71. The van der Waals surface area contributed by atoms with E-state index in [4.69, 9.17) is 0 Å². The van der Waals surface area contributed by atoms with Crippen LogP contribution in [0.25, 0.3) is 0 Å². The summed E-state index contributed by atoms with van der Waals surface area (Å²) in [4.78, 5) is 19.2. The summed E-state index contributed by atoms with van der Waals surface area (Å²) in [5.74, 6) is 0.357. The first kappa shape index (κ1) is 17.2. The van der Waals surface area contributed by atoms with E-state index >= 15 is 0 Å². The summed E-state index contributed by atoms with van der Waals surface area (Å²) < 4.78 is 24.8. The molecule has 1 amide bonds. The second kappa shape index (κ2) is 7.06. The molecular formula is C16H24N4O3S. The monoisotopic (exact) mass is 352 g/mol. The Hall–Kier alpha value is -1.67. The van der Waals surface area contributed by atoms with E-state index in [1.807, 2.05) is 6.07 Å². The minimum Gasteiger partial charge on any atom is -0.355 e. The Bertz CT molecular complexity index is 701. The van der Waals surface area contributed by atoms with Gasteiger partial charge in [-0.3, -0.25) is 4.79 Å². The van der Waals surface area contributed by atoms with Crippen LogP contribution in [0, 0.1) is 5.92 Å². The van der Waals surface area contributed by atoms with Crippen LogP contribution in [0.15, 0.2) is 18.3 Å². The number of anilines is 2. The highest BCUT2D eigenvalue weighted by atomic mass is 32.2. The van der Waals surface area contributed by atoms with Gasteiger partial charge in [0.1, 0.15) is 0 Å². The standard InChI is InChI=1S/C16H24N4O3S/c1-24(22,23)20-11-5-6-13(12-20)16(21)18-14-7-4-8-17-15(14)19-9-2-3-10-19/h4,7-8,13H,2-3,5-6,9-12H2,1H3,(H,18,21). The van der Waals surface area contributed by atoms with Gasteiger partial charge in [0.25, 0.3) is 0 Å². The summed E-state index contributed by atoms with van der Waals surface area (Å²) in [6, 6.07) is 3.66. The van der Waals surface area contributed by atoms with Gasteiger partial charge in [-0.2, -0.15) is 0 Å². The number of nitrogens with one attached hydrogen (secondary N) is 1. The second-order valence-electron chi connectivity index (χ2n) is 6.52. The van der Waals surface area contributed by atoms with E-state index in [9.17, 15) is 13.2 Å². The number of hydrogen-bond acceptors (Lipinski definition) is 5. The first-order valence-electron chi connectivity index (χ1n) is 8.41. The van der Waals surface area contributed by atoms with Gasteiger partial charge in [0.2, 0.25) is 15.9 Å². The van der Waals surface area contributed by atoms with Crippen molar-refractivity contribution < 1.29 is 13.2 Å². The summed E-state index contributed by atoms with van der Waals surface area (Å²) in [5, 5.41) is 2.96. The number of rotatable bonds is 4. The molecule has 7 nitrogen and oxygen atoms in total. The third-order valence-corrected chi connectivity index (χ3v) is 5.94. The van der Waals surface area contributed by atoms with Crippen molar-refractivity contribution in [3.8, 4) is 0 Å². The molecule has 0 bridgehead atoms. The lowest BCUT2D eigenvalue weighted by molar-refractivity contribution is -0.120. The van der Waals surface area contributed by atoms with Gasteiger partial charge in [-0.25, -0.2) is 17.7 Å². The fourth-order valence-electron chi connectivity index (χ4n) is 3.37. The molecule has 132 valence electrons. The highest BCUT2D eigenvalue weighted by molar-refractivity contribution is 7.88. The maximum atomic E-state index is 12.6. The highest BCUT2D eigenvalue weighted by Crippen LogP contribution is 2.27. The van der Waals surface area contributed by atoms with Crippen LogP contribution >= 0.6 is 0 Å². The smallest absolute Gasteiger partial charge is 0.228 e. The molecule has 2 saturated heterocycles. The largest absolute Gasteiger partial charge is 0.355 e. The molecule has 0 saturated carbocycles. The normalized spacial score (nSPS) is 22.5. The molecule has 3 heterocycles. The maximum Gasteiger partial charge on any atom is 0.228 e. The number of aromatic nitrogens is 1. The van der Waals surface area contributed by atoms with Gasteiger partial charge in [0.05, 0.1) is 17.9 Å². The first-order chi connectivity index (χ1) is 11.4. The Morgan fingerprint density at radius 2 is 2.00 bits per heavy atom. The van der Waals surface area contributed by atoms with Crippen molar-refractivity contribution in [3.05, 3.63) is 18.3 Å². The zero-order valence-electron chi connectivity index (χ0n) is 13.9. The van der Waals surface area contributed by atoms with Crippen LogP contribution in [0.3, 0.4) is 0 Å². The number of piperidine rings is 1. The van der Waals surface area contributed by atoms with Crippen molar-refractivity contribution in [2.75, 3.05) is 42.7 Å². The zero-order valence-corrected chi connectivity index (χ0v) is 14.8. The fourth-order valence-corrected chi connectivity index (χ4v) is 4.28. The second-order valence-corrected chi connectivity index (χ2v) is 8.50. The van der Waals surface area contributed by atoms with E-state index in [-0.39, 0.29) is 18.4 Å². The van der Waals surface area contributed by atoms with E-state index in [0.29, 0.717) is 25.1 Å². The van der Waals surface area contributed by atoms with Gasteiger partial charge in [-0.05, 0) is 37.8 Å². The van der Waals surface area contributed by atoms with E-state index in [1.165, 1.54) is 10.6 Å². The molecule has 2 fully saturated rings. The highest BCUT2D eigenvalue weighted by Gasteiger charge is 2.30. The molecule has 3 rings (SSSR count). The molecule has 0 aliphatic carbocycles. The predicted octanol–water partition coefficient (Wildman–Crippen LogP) is 1.29. The zero-order chi connectivity index (χ0) is 17.2. The molecular weight excluding hydrogens is 328 g/mol. The molecule has 0 aromatic carbocycles. The number of nitrogens with zero attached hydrogens (tertiary/aromatic N) is 3.